The van der Waals surface area contributed by atoms with Gasteiger partial charge >= 0.3 is 5.97 Å². The molecule has 0 aliphatic carbocycles. The van der Waals surface area contributed by atoms with Crippen LogP contribution in [-0.4, -0.2) is 27.5 Å². The Balaban J connectivity index is 2.57. The third-order valence-corrected chi connectivity index (χ3v) is 2.94. The maximum absolute atomic E-state index is 13.9. The zero-order chi connectivity index (χ0) is 14.9. The molecular formula is C14H15FN2O3. The molecule has 0 aliphatic heterocycles. The van der Waals surface area contributed by atoms with Gasteiger partial charge in [-0.05, 0) is 32.0 Å². The largest absolute Gasteiger partial charge is 0.491 e. The van der Waals surface area contributed by atoms with E-state index in [1.807, 2.05) is 0 Å². The number of ether oxygens (including phenoxy) is 1. The molecule has 0 saturated carbocycles. The molecule has 1 heterocycles. The van der Waals surface area contributed by atoms with Crippen molar-refractivity contribution in [1.29, 1.82) is 0 Å². The van der Waals surface area contributed by atoms with Crippen LogP contribution in [0, 0.1) is 12.7 Å². The summed E-state index contributed by atoms with van der Waals surface area (Å²) in [5.41, 5.74) is 1.30. The van der Waals surface area contributed by atoms with Crippen molar-refractivity contribution >= 4 is 5.97 Å². The molecule has 20 heavy (non-hydrogen) atoms. The highest BCUT2D eigenvalue weighted by Gasteiger charge is 2.21. The Bertz CT molecular complexity index is 665. The third kappa shape index (κ3) is 2.36. The lowest BCUT2D eigenvalue weighted by Crippen LogP contribution is -2.02. The summed E-state index contributed by atoms with van der Waals surface area (Å²) < 4.78 is 20.5. The minimum absolute atomic E-state index is 0.0797. The molecule has 2 aromatic rings. The highest BCUT2D eigenvalue weighted by atomic mass is 19.1. The number of aryl methyl sites for hydroxylation is 2. The number of carboxylic acids is 1. The fraction of sp³-hybridized carbons (Fsp3) is 0.286. The van der Waals surface area contributed by atoms with Gasteiger partial charge in [-0.1, -0.05) is 0 Å². The number of carboxylic acid groups (broad SMARTS) is 1. The van der Waals surface area contributed by atoms with Gasteiger partial charge in [-0.2, -0.15) is 5.10 Å². The van der Waals surface area contributed by atoms with Gasteiger partial charge in [0.2, 0.25) is 0 Å². The Morgan fingerprint density at radius 1 is 1.50 bits per heavy atom. The smallest absolute Gasteiger partial charge is 0.339 e. The molecule has 0 bridgehead atoms. The molecule has 0 fully saturated rings. The van der Waals surface area contributed by atoms with Crippen molar-refractivity contribution in [1.82, 2.24) is 9.78 Å². The van der Waals surface area contributed by atoms with Crippen LogP contribution in [0.4, 0.5) is 4.39 Å². The summed E-state index contributed by atoms with van der Waals surface area (Å²) in [6.07, 6.45) is 0. The molecule has 0 atom stereocenters. The van der Waals surface area contributed by atoms with Crippen LogP contribution in [0.25, 0.3) is 11.3 Å². The molecule has 2 rings (SSSR count). The lowest BCUT2D eigenvalue weighted by atomic mass is 10.1. The lowest BCUT2D eigenvalue weighted by molar-refractivity contribution is 0.0697. The summed E-state index contributed by atoms with van der Waals surface area (Å²) in [4.78, 5) is 11.3. The number of nitrogens with zero attached hydrogens (tertiary/aromatic N) is 2. The van der Waals surface area contributed by atoms with Gasteiger partial charge in [-0.25, -0.2) is 9.18 Å². The van der Waals surface area contributed by atoms with Crippen LogP contribution in [0.3, 0.4) is 0 Å². The lowest BCUT2D eigenvalue weighted by Gasteiger charge is -2.08. The highest BCUT2D eigenvalue weighted by molar-refractivity contribution is 5.96. The van der Waals surface area contributed by atoms with Crippen molar-refractivity contribution in [2.75, 3.05) is 6.61 Å². The van der Waals surface area contributed by atoms with E-state index in [1.165, 1.54) is 16.8 Å². The molecule has 1 N–H and O–H groups in total. The molecule has 1 aromatic heterocycles. The van der Waals surface area contributed by atoms with Gasteiger partial charge in [0.1, 0.15) is 5.56 Å². The van der Waals surface area contributed by atoms with E-state index < -0.39 is 11.8 Å². The van der Waals surface area contributed by atoms with Crippen LogP contribution >= 0.6 is 0 Å². The van der Waals surface area contributed by atoms with Gasteiger partial charge in [0.25, 0.3) is 0 Å². The fourth-order valence-corrected chi connectivity index (χ4v) is 2.17. The number of hydrogen-bond acceptors (Lipinski definition) is 3. The van der Waals surface area contributed by atoms with E-state index >= 15 is 0 Å². The number of aromatic carboxylic acids is 1. The summed E-state index contributed by atoms with van der Waals surface area (Å²) >= 11 is 0. The Morgan fingerprint density at radius 2 is 2.20 bits per heavy atom. The number of halogens is 1. The average Bonchev–Trinajstić information content (AvgIpc) is 2.67. The van der Waals surface area contributed by atoms with Gasteiger partial charge in [0.05, 0.1) is 18.0 Å². The summed E-state index contributed by atoms with van der Waals surface area (Å²) in [6.45, 7) is 3.74. The van der Waals surface area contributed by atoms with Crippen molar-refractivity contribution < 1.29 is 19.0 Å². The number of carbonyl (C=O) groups is 1. The van der Waals surface area contributed by atoms with Gasteiger partial charge in [0.15, 0.2) is 11.6 Å². The normalized spacial score (nSPS) is 10.6. The first kappa shape index (κ1) is 14.0. The summed E-state index contributed by atoms with van der Waals surface area (Å²) in [7, 11) is 1.63. The van der Waals surface area contributed by atoms with Crippen molar-refractivity contribution in [2.45, 2.75) is 13.8 Å². The first-order chi connectivity index (χ1) is 9.45. The van der Waals surface area contributed by atoms with Gasteiger partial charge < -0.3 is 9.84 Å². The second-order valence-corrected chi connectivity index (χ2v) is 4.32. The van der Waals surface area contributed by atoms with Crippen LogP contribution in [-0.2, 0) is 7.05 Å². The van der Waals surface area contributed by atoms with Gasteiger partial charge in [0, 0.05) is 12.6 Å². The van der Waals surface area contributed by atoms with Crippen LogP contribution in [0.5, 0.6) is 5.75 Å². The topological polar surface area (TPSA) is 64.3 Å². The standard InChI is InChI=1S/C14H15FN2O3/c1-4-20-11-6-5-9(7-10(11)15)13-12(14(18)19)8(2)16-17(13)3/h5-7H,4H2,1-3H3,(H,18,19). The molecule has 1 aromatic carbocycles. The molecular weight excluding hydrogens is 263 g/mol. The first-order valence-corrected chi connectivity index (χ1v) is 6.15. The molecule has 0 spiro atoms. The number of rotatable bonds is 4. The zero-order valence-electron chi connectivity index (χ0n) is 11.5. The zero-order valence-corrected chi connectivity index (χ0v) is 11.5. The first-order valence-electron chi connectivity index (χ1n) is 6.15. The van der Waals surface area contributed by atoms with Crippen molar-refractivity contribution in [3.63, 3.8) is 0 Å². The molecule has 0 amide bonds. The number of benzene rings is 1. The van der Waals surface area contributed by atoms with E-state index in [1.54, 1.807) is 27.0 Å². The highest BCUT2D eigenvalue weighted by Crippen LogP contribution is 2.29. The predicted molar refractivity (Wildman–Crippen MR) is 71.5 cm³/mol. The average molecular weight is 278 g/mol. The minimum atomic E-state index is -1.08. The minimum Gasteiger partial charge on any atom is -0.491 e. The second-order valence-electron chi connectivity index (χ2n) is 4.32. The van der Waals surface area contributed by atoms with Crippen LogP contribution in [0.1, 0.15) is 23.0 Å². The summed E-state index contributed by atoms with van der Waals surface area (Å²) in [5, 5.41) is 13.3. The van der Waals surface area contributed by atoms with Crippen molar-refractivity contribution in [3.05, 3.63) is 35.3 Å². The molecule has 0 saturated heterocycles. The quantitative estimate of drug-likeness (QED) is 0.933. The van der Waals surface area contributed by atoms with E-state index in [0.29, 0.717) is 23.6 Å². The summed E-state index contributed by atoms with van der Waals surface area (Å²) in [5.74, 6) is -1.47. The molecule has 0 radical (unpaired) electrons. The Kier molecular flexibility index (Phi) is 3.74. The van der Waals surface area contributed by atoms with Crippen LogP contribution < -0.4 is 4.74 Å². The number of hydrogen-bond donors (Lipinski definition) is 1. The van der Waals surface area contributed by atoms with Crippen molar-refractivity contribution in [3.8, 4) is 17.0 Å². The van der Waals surface area contributed by atoms with Crippen molar-refractivity contribution in [2.24, 2.45) is 7.05 Å². The maximum atomic E-state index is 13.9. The summed E-state index contributed by atoms with van der Waals surface area (Å²) in [6, 6.07) is 4.37. The molecule has 5 nitrogen and oxygen atoms in total. The van der Waals surface area contributed by atoms with E-state index in [0.717, 1.165) is 0 Å². The monoisotopic (exact) mass is 278 g/mol. The Morgan fingerprint density at radius 3 is 2.75 bits per heavy atom. The Hall–Kier alpha value is -2.37. The second kappa shape index (κ2) is 5.32. The van der Waals surface area contributed by atoms with E-state index in [2.05, 4.69) is 5.10 Å². The SMILES string of the molecule is CCOc1ccc(-c2c(C(=O)O)c(C)nn2C)cc1F. The molecule has 0 unspecified atom stereocenters. The van der Waals surface area contributed by atoms with Crippen LogP contribution in [0.2, 0.25) is 0 Å². The van der Waals surface area contributed by atoms with E-state index in [4.69, 9.17) is 4.74 Å². The number of aromatic nitrogens is 2. The van der Waals surface area contributed by atoms with Crippen LogP contribution in [0.15, 0.2) is 18.2 Å². The van der Waals surface area contributed by atoms with E-state index in [9.17, 15) is 14.3 Å². The molecule has 0 aliphatic rings. The molecule has 106 valence electrons. The molecule has 6 heteroatoms. The maximum Gasteiger partial charge on any atom is 0.339 e. The van der Waals surface area contributed by atoms with Gasteiger partial charge in [-0.15, -0.1) is 0 Å². The van der Waals surface area contributed by atoms with E-state index in [-0.39, 0.29) is 11.3 Å². The third-order valence-electron chi connectivity index (χ3n) is 2.94. The Labute approximate surface area is 115 Å². The fourth-order valence-electron chi connectivity index (χ4n) is 2.17. The van der Waals surface area contributed by atoms with Gasteiger partial charge in [-0.3, -0.25) is 4.68 Å². The predicted octanol–water partition coefficient (Wildman–Crippen LogP) is 2.63.